The Balaban J connectivity index is 1.53. The molecule has 3 aromatic rings. The molecule has 28 heavy (non-hydrogen) atoms. The van der Waals surface area contributed by atoms with Crippen molar-refractivity contribution in [2.75, 3.05) is 13.2 Å². The first-order valence-electron chi connectivity index (χ1n) is 9.45. The summed E-state index contributed by atoms with van der Waals surface area (Å²) >= 11 is 12.2. The molecule has 0 unspecified atom stereocenters. The Hall–Kier alpha value is -1.92. The lowest BCUT2D eigenvalue weighted by atomic mass is 10.1. The van der Waals surface area contributed by atoms with Gasteiger partial charge in [-0.05, 0) is 30.5 Å². The molecule has 1 saturated heterocycles. The average molecular weight is 417 g/mol. The first-order chi connectivity index (χ1) is 13.7. The van der Waals surface area contributed by atoms with Gasteiger partial charge in [0.1, 0.15) is 11.4 Å². The van der Waals surface area contributed by atoms with Crippen molar-refractivity contribution < 1.29 is 4.74 Å². The van der Waals surface area contributed by atoms with Crippen molar-refractivity contribution in [2.24, 2.45) is 0 Å². The van der Waals surface area contributed by atoms with Crippen LogP contribution in [-0.2, 0) is 17.8 Å². The Morgan fingerprint density at radius 2 is 1.93 bits per heavy atom. The van der Waals surface area contributed by atoms with Crippen molar-refractivity contribution in [1.82, 2.24) is 20.3 Å². The molecule has 7 heteroatoms. The zero-order valence-electron chi connectivity index (χ0n) is 15.4. The Kier molecular flexibility index (Phi) is 6.27. The summed E-state index contributed by atoms with van der Waals surface area (Å²) in [6.45, 7) is 2.86. The number of ether oxygens (including phenoxy) is 1. The van der Waals surface area contributed by atoms with Crippen LogP contribution in [0.15, 0.2) is 48.5 Å². The molecule has 0 saturated carbocycles. The van der Waals surface area contributed by atoms with Crippen molar-refractivity contribution in [3.05, 3.63) is 69.8 Å². The third kappa shape index (κ3) is 4.73. The quantitative estimate of drug-likeness (QED) is 0.612. The van der Waals surface area contributed by atoms with E-state index in [0.717, 1.165) is 48.5 Å². The maximum absolute atomic E-state index is 6.14. The van der Waals surface area contributed by atoms with Crippen molar-refractivity contribution in [1.29, 1.82) is 0 Å². The van der Waals surface area contributed by atoms with Gasteiger partial charge in [0, 0.05) is 25.3 Å². The van der Waals surface area contributed by atoms with Gasteiger partial charge in [0.15, 0.2) is 0 Å². The summed E-state index contributed by atoms with van der Waals surface area (Å²) in [5, 5.41) is 14.0. The second-order valence-corrected chi connectivity index (χ2v) is 7.72. The van der Waals surface area contributed by atoms with Gasteiger partial charge in [-0.15, -0.1) is 0 Å². The van der Waals surface area contributed by atoms with E-state index in [1.165, 1.54) is 0 Å². The summed E-state index contributed by atoms with van der Waals surface area (Å²) in [4.78, 5) is 1.71. The Labute approximate surface area is 174 Å². The highest BCUT2D eigenvalue weighted by Crippen LogP contribution is 2.24. The van der Waals surface area contributed by atoms with Crippen molar-refractivity contribution in [2.45, 2.75) is 32.0 Å². The third-order valence-corrected chi connectivity index (χ3v) is 5.51. The molecule has 2 heterocycles. The van der Waals surface area contributed by atoms with Crippen LogP contribution in [-0.4, -0.2) is 34.2 Å². The molecule has 2 aromatic carbocycles. The van der Waals surface area contributed by atoms with Crippen molar-refractivity contribution in [3.8, 4) is 11.3 Å². The molecule has 1 N–H and O–H groups in total. The van der Waals surface area contributed by atoms with Gasteiger partial charge in [-0.2, -0.15) is 15.0 Å². The van der Waals surface area contributed by atoms with E-state index in [9.17, 15) is 0 Å². The second-order valence-electron chi connectivity index (χ2n) is 6.91. The number of nitrogens with one attached hydrogen (secondary N) is 1. The van der Waals surface area contributed by atoms with Gasteiger partial charge < -0.3 is 10.1 Å². The van der Waals surface area contributed by atoms with E-state index >= 15 is 0 Å². The summed E-state index contributed by atoms with van der Waals surface area (Å²) in [6, 6.07) is 15.7. The van der Waals surface area contributed by atoms with E-state index < -0.39 is 0 Å². The van der Waals surface area contributed by atoms with E-state index in [-0.39, 0.29) is 0 Å². The van der Waals surface area contributed by atoms with Crippen LogP contribution in [0.4, 0.5) is 0 Å². The van der Waals surface area contributed by atoms with Crippen molar-refractivity contribution >= 4 is 23.2 Å². The van der Waals surface area contributed by atoms with Gasteiger partial charge in [0.2, 0.25) is 0 Å². The number of rotatable bonds is 7. The molecule has 146 valence electrons. The topological polar surface area (TPSA) is 52.0 Å². The van der Waals surface area contributed by atoms with E-state index in [4.69, 9.17) is 38.1 Å². The molecular weight excluding hydrogens is 395 g/mol. The van der Waals surface area contributed by atoms with Crippen LogP contribution < -0.4 is 5.32 Å². The minimum Gasteiger partial charge on any atom is -0.377 e. The fraction of sp³-hybridized carbons (Fsp3) is 0.333. The SMILES string of the molecule is Clc1ccc(Cn2nc(CNC[C@@H]3CCCO3)c(-c3ccccc3)n2)cc1Cl. The van der Waals surface area contributed by atoms with Gasteiger partial charge in [-0.25, -0.2) is 0 Å². The number of hydrogen-bond donors (Lipinski definition) is 1. The van der Waals surface area contributed by atoms with Gasteiger partial charge in [0.25, 0.3) is 0 Å². The minimum absolute atomic E-state index is 0.298. The number of benzene rings is 2. The van der Waals surface area contributed by atoms with E-state index in [2.05, 4.69) is 17.4 Å². The largest absolute Gasteiger partial charge is 0.377 e. The molecule has 1 aromatic heterocycles. The fourth-order valence-electron chi connectivity index (χ4n) is 3.35. The highest BCUT2D eigenvalue weighted by molar-refractivity contribution is 6.42. The molecular formula is C21H22Cl2N4O. The van der Waals surface area contributed by atoms with Crippen LogP contribution in [0.2, 0.25) is 10.0 Å². The molecule has 4 rings (SSSR count). The molecule has 0 radical (unpaired) electrons. The Bertz CT molecular complexity index is 923. The minimum atomic E-state index is 0.298. The Morgan fingerprint density at radius 1 is 1.07 bits per heavy atom. The van der Waals surface area contributed by atoms with Crippen LogP contribution in [0.3, 0.4) is 0 Å². The third-order valence-electron chi connectivity index (χ3n) is 4.77. The van der Waals surface area contributed by atoms with Gasteiger partial charge in [-0.1, -0.05) is 59.6 Å². The number of nitrogens with zero attached hydrogens (tertiary/aromatic N) is 3. The number of hydrogen-bond acceptors (Lipinski definition) is 4. The monoisotopic (exact) mass is 416 g/mol. The predicted molar refractivity (Wildman–Crippen MR) is 112 cm³/mol. The van der Waals surface area contributed by atoms with Gasteiger partial charge in [-0.3, -0.25) is 0 Å². The maximum atomic E-state index is 6.14. The van der Waals surface area contributed by atoms with E-state index in [1.54, 1.807) is 10.9 Å². The molecule has 1 atom stereocenters. The summed E-state index contributed by atoms with van der Waals surface area (Å²) in [6.07, 6.45) is 2.55. The smallest absolute Gasteiger partial charge is 0.117 e. The lowest BCUT2D eigenvalue weighted by Gasteiger charge is -2.10. The summed E-state index contributed by atoms with van der Waals surface area (Å²) in [5.74, 6) is 0. The zero-order chi connectivity index (χ0) is 19.3. The lowest BCUT2D eigenvalue weighted by Crippen LogP contribution is -2.26. The average Bonchev–Trinajstić information content (AvgIpc) is 3.36. The molecule has 0 amide bonds. The first-order valence-corrected chi connectivity index (χ1v) is 10.2. The molecule has 1 fully saturated rings. The highest BCUT2D eigenvalue weighted by atomic mass is 35.5. The van der Waals surface area contributed by atoms with E-state index in [1.807, 2.05) is 30.3 Å². The maximum Gasteiger partial charge on any atom is 0.117 e. The van der Waals surface area contributed by atoms with Crippen LogP contribution in [0, 0.1) is 0 Å². The first kappa shape index (κ1) is 19.4. The fourth-order valence-corrected chi connectivity index (χ4v) is 3.67. The summed E-state index contributed by atoms with van der Waals surface area (Å²) in [7, 11) is 0. The van der Waals surface area contributed by atoms with Crippen LogP contribution in [0.25, 0.3) is 11.3 Å². The van der Waals surface area contributed by atoms with Crippen molar-refractivity contribution in [3.63, 3.8) is 0 Å². The van der Waals surface area contributed by atoms with Crippen LogP contribution >= 0.6 is 23.2 Å². The summed E-state index contributed by atoms with van der Waals surface area (Å²) < 4.78 is 5.68. The van der Waals surface area contributed by atoms with Gasteiger partial charge in [0.05, 0.1) is 22.7 Å². The van der Waals surface area contributed by atoms with Crippen LogP contribution in [0.5, 0.6) is 0 Å². The molecule has 0 spiro atoms. The lowest BCUT2D eigenvalue weighted by molar-refractivity contribution is 0.110. The van der Waals surface area contributed by atoms with Gasteiger partial charge >= 0.3 is 0 Å². The second kappa shape index (κ2) is 9.05. The molecule has 1 aliphatic rings. The molecule has 5 nitrogen and oxygen atoms in total. The Morgan fingerprint density at radius 3 is 2.68 bits per heavy atom. The normalized spacial score (nSPS) is 16.6. The zero-order valence-corrected chi connectivity index (χ0v) is 17.0. The summed E-state index contributed by atoms with van der Waals surface area (Å²) in [5.41, 5.74) is 3.87. The standard InChI is InChI=1S/C21H22Cl2N4O/c22-18-9-8-15(11-19(18)23)14-27-25-20(13-24-12-17-7-4-10-28-17)21(26-27)16-5-2-1-3-6-16/h1-3,5-6,8-9,11,17,24H,4,7,10,12-14H2/t17-/m0/s1. The van der Waals surface area contributed by atoms with Crippen LogP contribution in [0.1, 0.15) is 24.1 Å². The highest BCUT2D eigenvalue weighted by Gasteiger charge is 2.17. The number of halogens is 2. The predicted octanol–water partition coefficient (Wildman–Crippen LogP) is 4.57. The number of aromatic nitrogens is 3. The van der Waals surface area contributed by atoms with E-state index in [0.29, 0.717) is 29.2 Å². The molecule has 0 bridgehead atoms. The molecule has 1 aliphatic heterocycles. The molecule has 0 aliphatic carbocycles.